The quantitative estimate of drug-likeness (QED) is 0.667. The molecule has 3 nitrogen and oxygen atoms in total. The predicted molar refractivity (Wildman–Crippen MR) is 58.9 cm³/mol. The van der Waals surface area contributed by atoms with Crippen molar-refractivity contribution < 1.29 is 4.79 Å². The maximum atomic E-state index is 11.8. The van der Waals surface area contributed by atoms with Gasteiger partial charge in [0.25, 0.3) is 5.91 Å². The van der Waals surface area contributed by atoms with Crippen molar-refractivity contribution in [2.24, 2.45) is 0 Å². The second-order valence-electron chi connectivity index (χ2n) is 4.17. The Balaban J connectivity index is 2.08. The van der Waals surface area contributed by atoms with E-state index in [-0.39, 0.29) is 11.9 Å². The Kier molecular flexibility index (Phi) is 2.72. The van der Waals surface area contributed by atoms with E-state index in [1.807, 2.05) is 6.92 Å². The van der Waals surface area contributed by atoms with Crippen LogP contribution in [0.5, 0.6) is 0 Å². The maximum Gasteiger partial charge on any atom is 0.251 e. The van der Waals surface area contributed by atoms with E-state index in [4.69, 9.17) is 12.2 Å². The van der Waals surface area contributed by atoms with Crippen molar-refractivity contribution in [1.29, 1.82) is 0 Å². The zero-order valence-corrected chi connectivity index (χ0v) is 9.27. The zero-order chi connectivity index (χ0) is 10.1. The first kappa shape index (κ1) is 9.90. The Morgan fingerprint density at radius 1 is 1.36 bits per heavy atom. The van der Waals surface area contributed by atoms with E-state index in [2.05, 4.69) is 5.32 Å². The lowest BCUT2D eigenvalue weighted by atomic mass is 9.94. The van der Waals surface area contributed by atoms with Crippen molar-refractivity contribution >= 4 is 23.2 Å². The summed E-state index contributed by atoms with van der Waals surface area (Å²) in [4.78, 5) is 13.6. The molecule has 2 fully saturated rings. The second-order valence-corrected chi connectivity index (χ2v) is 4.56. The van der Waals surface area contributed by atoms with Gasteiger partial charge >= 0.3 is 0 Å². The highest BCUT2D eigenvalue weighted by molar-refractivity contribution is 7.80. The van der Waals surface area contributed by atoms with Gasteiger partial charge in [-0.1, -0.05) is 19.3 Å². The summed E-state index contributed by atoms with van der Waals surface area (Å²) in [6, 6.07) is 0.241. The first-order valence-electron chi connectivity index (χ1n) is 5.33. The summed E-state index contributed by atoms with van der Waals surface area (Å²) in [7, 11) is 0. The monoisotopic (exact) mass is 212 g/mol. The maximum absolute atomic E-state index is 11.8. The van der Waals surface area contributed by atoms with Crippen LogP contribution >= 0.6 is 12.2 Å². The van der Waals surface area contributed by atoms with Gasteiger partial charge < -0.3 is 5.32 Å². The van der Waals surface area contributed by atoms with E-state index < -0.39 is 0 Å². The molecule has 0 aromatic carbocycles. The molecule has 1 saturated heterocycles. The van der Waals surface area contributed by atoms with Gasteiger partial charge in [-0.15, -0.1) is 0 Å². The van der Waals surface area contributed by atoms with Crippen LogP contribution in [0.1, 0.15) is 39.0 Å². The first-order valence-corrected chi connectivity index (χ1v) is 5.74. The highest BCUT2D eigenvalue weighted by atomic mass is 32.1. The van der Waals surface area contributed by atoms with Crippen molar-refractivity contribution in [3.05, 3.63) is 0 Å². The average Bonchev–Trinajstić information content (AvgIpc) is 2.43. The predicted octanol–water partition coefficient (Wildman–Crippen LogP) is 1.42. The lowest BCUT2D eigenvalue weighted by Gasteiger charge is -2.29. The van der Waals surface area contributed by atoms with Gasteiger partial charge in [-0.05, 0) is 32.0 Å². The van der Waals surface area contributed by atoms with Gasteiger partial charge in [0.2, 0.25) is 0 Å². The summed E-state index contributed by atoms with van der Waals surface area (Å²) in [5, 5.41) is 3.66. The molecule has 0 unspecified atom stereocenters. The van der Waals surface area contributed by atoms with Crippen molar-refractivity contribution in [3.63, 3.8) is 0 Å². The molecule has 2 rings (SSSR count). The number of carbonyl (C=O) groups is 1. The van der Waals surface area contributed by atoms with E-state index >= 15 is 0 Å². The molecule has 1 atom stereocenters. The molecule has 14 heavy (non-hydrogen) atoms. The van der Waals surface area contributed by atoms with E-state index in [9.17, 15) is 4.79 Å². The molecular formula is C10H16N2OS. The summed E-state index contributed by atoms with van der Waals surface area (Å²) in [5.74, 6) is 0.155. The smallest absolute Gasteiger partial charge is 0.251 e. The van der Waals surface area contributed by atoms with Crippen molar-refractivity contribution in [2.45, 2.75) is 51.1 Å². The number of thiocarbonyl (C=S) groups is 1. The Morgan fingerprint density at radius 2 is 2.00 bits per heavy atom. The largest absolute Gasteiger partial charge is 0.351 e. The van der Waals surface area contributed by atoms with Gasteiger partial charge in [0, 0.05) is 6.04 Å². The zero-order valence-electron chi connectivity index (χ0n) is 8.45. The second kappa shape index (κ2) is 3.85. The van der Waals surface area contributed by atoms with Crippen LogP contribution in [0.3, 0.4) is 0 Å². The summed E-state index contributed by atoms with van der Waals surface area (Å²) >= 11 is 5.17. The fourth-order valence-electron chi connectivity index (χ4n) is 2.31. The van der Waals surface area contributed by atoms with Gasteiger partial charge in [0.15, 0.2) is 5.11 Å². The third-order valence-electron chi connectivity index (χ3n) is 3.11. The lowest BCUT2D eigenvalue weighted by Crippen LogP contribution is -2.41. The van der Waals surface area contributed by atoms with Crippen molar-refractivity contribution in [2.75, 3.05) is 0 Å². The molecule has 1 aliphatic heterocycles. The average molecular weight is 212 g/mol. The Bertz CT molecular complexity index is 261. The topological polar surface area (TPSA) is 32.3 Å². The lowest BCUT2D eigenvalue weighted by molar-refractivity contribution is -0.128. The number of nitrogens with zero attached hydrogens (tertiary/aromatic N) is 1. The highest BCUT2D eigenvalue weighted by Gasteiger charge is 2.37. The van der Waals surface area contributed by atoms with E-state index in [1.165, 1.54) is 19.3 Å². The first-order chi connectivity index (χ1) is 6.70. The fourth-order valence-corrected chi connectivity index (χ4v) is 2.73. The van der Waals surface area contributed by atoms with Crippen LogP contribution in [0, 0.1) is 0 Å². The van der Waals surface area contributed by atoms with Gasteiger partial charge in [0.05, 0.1) is 0 Å². The molecule has 1 amide bonds. The number of rotatable bonds is 1. The van der Waals surface area contributed by atoms with Gasteiger partial charge in [-0.2, -0.15) is 0 Å². The molecule has 1 saturated carbocycles. The number of hydrogen-bond acceptors (Lipinski definition) is 2. The van der Waals surface area contributed by atoms with Crippen LogP contribution in [-0.2, 0) is 4.79 Å². The van der Waals surface area contributed by atoms with Gasteiger partial charge in [0.1, 0.15) is 6.04 Å². The van der Waals surface area contributed by atoms with Crippen molar-refractivity contribution in [1.82, 2.24) is 10.2 Å². The third kappa shape index (κ3) is 1.63. The van der Waals surface area contributed by atoms with Crippen LogP contribution in [0.25, 0.3) is 0 Å². The minimum atomic E-state index is -0.121. The molecule has 0 spiro atoms. The molecule has 1 N–H and O–H groups in total. The Labute approximate surface area is 89.8 Å². The molecular weight excluding hydrogens is 196 g/mol. The summed E-state index contributed by atoms with van der Waals surface area (Å²) in [6.07, 6.45) is 5.98. The number of carbonyl (C=O) groups excluding carboxylic acids is 1. The van der Waals surface area contributed by atoms with Crippen LogP contribution in [-0.4, -0.2) is 28.0 Å². The molecule has 2 aliphatic rings. The molecule has 0 radical (unpaired) electrons. The number of hydrogen-bond donors (Lipinski definition) is 1. The van der Waals surface area contributed by atoms with E-state index in [0.717, 1.165) is 12.8 Å². The Hall–Kier alpha value is -0.640. The van der Waals surface area contributed by atoms with Gasteiger partial charge in [-0.3, -0.25) is 9.69 Å². The minimum absolute atomic E-state index is 0.121. The summed E-state index contributed by atoms with van der Waals surface area (Å²) < 4.78 is 0. The van der Waals surface area contributed by atoms with Crippen LogP contribution in [0.15, 0.2) is 0 Å². The summed E-state index contributed by atoms with van der Waals surface area (Å²) in [6.45, 7) is 1.87. The molecule has 1 aliphatic carbocycles. The normalized spacial score (nSPS) is 29.5. The number of amides is 1. The standard InChI is InChI=1S/C10H16N2OS/c1-7-9(13)12(10(14)11-7)8-5-3-2-4-6-8/h7-8H,2-6H2,1H3,(H,11,14)/t7-/m0/s1. The molecule has 0 aromatic heterocycles. The SMILES string of the molecule is C[C@@H]1NC(=S)N(C2CCCCC2)C1=O. The van der Waals surface area contributed by atoms with Crippen molar-refractivity contribution in [3.8, 4) is 0 Å². The summed E-state index contributed by atoms with van der Waals surface area (Å²) in [5.41, 5.74) is 0. The third-order valence-corrected chi connectivity index (χ3v) is 3.42. The minimum Gasteiger partial charge on any atom is -0.351 e. The van der Waals surface area contributed by atoms with Gasteiger partial charge in [-0.25, -0.2) is 0 Å². The Morgan fingerprint density at radius 3 is 2.50 bits per heavy atom. The molecule has 1 heterocycles. The fraction of sp³-hybridized carbons (Fsp3) is 0.800. The van der Waals surface area contributed by atoms with E-state index in [1.54, 1.807) is 4.90 Å². The number of nitrogens with one attached hydrogen (secondary N) is 1. The van der Waals surface area contributed by atoms with Crippen LogP contribution < -0.4 is 5.32 Å². The molecule has 78 valence electrons. The molecule has 4 heteroatoms. The van der Waals surface area contributed by atoms with Crippen LogP contribution in [0.2, 0.25) is 0 Å². The van der Waals surface area contributed by atoms with E-state index in [0.29, 0.717) is 11.2 Å². The van der Waals surface area contributed by atoms with Crippen LogP contribution in [0.4, 0.5) is 0 Å². The highest BCUT2D eigenvalue weighted by Crippen LogP contribution is 2.25. The molecule has 0 bridgehead atoms. The molecule has 0 aromatic rings.